The molecule has 3 rings (SSSR count). The van der Waals surface area contributed by atoms with Crippen LogP contribution >= 0.6 is 23.1 Å². The minimum absolute atomic E-state index is 0.0496. The second-order valence-corrected chi connectivity index (χ2v) is 7.69. The van der Waals surface area contributed by atoms with Crippen molar-refractivity contribution in [3.63, 3.8) is 0 Å². The molecule has 0 saturated carbocycles. The van der Waals surface area contributed by atoms with E-state index in [9.17, 15) is 4.79 Å². The third-order valence-corrected chi connectivity index (χ3v) is 5.71. The molecule has 0 aliphatic carbocycles. The van der Waals surface area contributed by atoms with E-state index in [1.165, 1.54) is 23.1 Å². The highest BCUT2D eigenvalue weighted by Gasteiger charge is 2.15. The van der Waals surface area contributed by atoms with Gasteiger partial charge in [-0.3, -0.25) is 4.79 Å². The normalized spacial score (nSPS) is 10.4. The molecular weight excluding hydrogens is 380 g/mol. The Balaban J connectivity index is 1.56. The van der Waals surface area contributed by atoms with Crippen molar-refractivity contribution in [2.75, 3.05) is 29.6 Å². The summed E-state index contributed by atoms with van der Waals surface area (Å²) in [7, 11) is 1.63. The average Bonchev–Trinajstić information content (AvgIpc) is 3.16. The maximum absolute atomic E-state index is 12.5. The van der Waals surface area contributed by atoms with E-state index in [1.807, 2.05) is 61.5 Å². The standard InChI is InChI=1S/C19H20N4O2S2/c1-3-23(15-7-5-4-6-8-15)17(24)13-26-19-22-21-18(27-19)20-14-9-11-16(25-2)12-10-14/h4-12H,3,13H2,1-2H3,(H,20,21). The first-order valence-corrected chi connectivity index (χ1v) is 10.2. The molecule has 3 aromatic rings. The molecule has 0 saturated heterocycles. The van der Waals surface area contributed by atoms with Crippen LogP contribution in [0.25, 0.3) is 0 Å². The predicted octanol–water partition coefficient (Wildman–Crippen LogP) is 4.44. The summed E-state index contributed by atoms with van der Waals surface area (Å²) < 4.78 is 5.90. The number of anilines is 3. The molecule has 0 aliphatic rings. The van der Waals surface area contributed by atoms with Gasteiger partial charge in [-0.15, -0.1) is 10.2 Å². The van der Waals surface area contributed by atoms with Gasteiger partial charge in [-0.2, -0.15) is 0 Å². The van der Waals surface area contributed by atoms with E-state index in [1.54, 1.807) is 12.0 Å². The molecule has 1 amide bonds. The summed E-state index contributed by atoms with van der Waals surface area (Å²) in [5.41, 5.74) is 1.81. The Labute approximate surface area is 166 Å². The fourth-order valence-electron chi connectivity index (χ4n) is 2.43. The number of carbonyl (C=O) groups excluding carboxylic acids is 1. The zero-order chi connectivity index (χ0) is 19.1. The number of carbonyl (C=O) groups is 1. The van der Waals surface area contributed by atoms with E-state index in [0.717, 1.165) is 21.5 Å². The summed E-state index contributed by atoms with van der Waals surface area (Å²) in [6, 6.07) is 17.3. The Hall–Kier alpha value is -2.58. The zero-order valence-corrected chi connectivity index (χ0v) is 16.7. The van der Waals surface area contributed by atoms with Gasteiger partial charge in [0.15, 0.2) is 4.34 Å². The summed E-state index contributed by atoms with van der Waals surface area (Å²) in [4.78, 5) is 14.3. The predicted molar refractivity (Wildman–Crippen MR) is 111 cm³/mol. The number of nitrogens with zero attached hydrogens (tertiary/aromatic N) is 3. The molecule has 140 valence electrons. The molecule has 0 fully saturated rings. The summed E-state index contributed by atoms with van der Waals surface area (Å²) >= 11 is 2.82. The molecule has 0 atom stereocenters. The number of nitrogens with one attached hydrogen (secondary N) is 1. The molecule has 8 heteroatoms. The number of thioether (sulfide) groups is 1. The van der Waals surface area contributed by atoms with Crippen molar-refractivity contribution in [1.29, 1.82) is 0 Å². The first-order valence-electron chi connectivity index (χ1n) is 8.42. The van der Waals surface area contributed by atoms with Crippen molar-refractivity contribution in [3.05, 3.63) is 54.6 Å². The Morgan fingerprint density at radius 3 is 2.56 bits per heavy atom. The van der Waals surface area contributed by atoms with Gasteiger partial charge in [0.2, 0.25) is 11.0 Å². The third-order valence-electron chi connectivity index (χ3n) is 3.75. The van der Waals surface area contributed by atoms with Gasteiger partial charge < -0.3 is 15.0 Å². The number of benzene rings is 2. The quantitative estimate of drug-likeness (QED) is 0.564. The first kappa shape index (κ1) is 19.2. The Bertz CT molecular complexity index is 869. The first-order chi connectivity index (χ1) is 13.2. The van der Waals surface area contributed by atoms with Gasteiger partial charge >= 0.3 is 0 Å². The minimum atomic E-state index is 0.0496. The highest BCUT2D eigenvalue weighted by molar-refractivity contribution is 8.01. The van der Waals surface area contributed by atoms with Crippen molar-refractivity contribution in [2.45, 2.75) is 11.3 Å². The number of rotatable bonds is 8. The largest absolute Gasteiger partial charge is 0.497 e. The average molecular weight is 401 g/mol. The van der Waals surface area contributed by atoms with Gasteiger partial charge in [-0.1, -0.05) is 41.3 Å². The van der Waals surface area contributed by atoms with E-state index in [-0.39, 0.29) is 5.91 Å². The topological polar surface area (TPSA) is 67.4 Å². The van der Waals surface area contributed by atoms with Crippen LogP contribution in [0.2, 0.25) is 0 Å². The minimum Gasteiger partial charge on any atom is -0.497 e. The van der Waals surface area contributed by atoms with Crippen molar-refractivity contribution < 1.29 is 9.53 Å². The zero-order valence-electron chi connectivity index (χ0n) is 15.1. The highest BCUT2D eigenvalue weighted by atomic mass is 32.2. The number of hydrogen-bond donors (Lipinski definition) is 1. The van der Waals surface area contributed by atoms with Gasteiger partial charge in [0, 0.05) is 17.9 Å². The van der Waals surface area contributed by atoms with Crippen molar-refractivity contribution in [2.24, 2.45) is 0 Å². The lowest BCUT2D eigenvalue weighted by Crippen LogP contribution is -2.32. The monoisotopic (exact) mass is 400 g/mol. The number of methoxy groups -OCH3 is 1. The summed E-state index contributed by atoms with van der Waals surface area (Å²) in [6.07, 6.45) is 0. The Morgan fingerprint density at radius 1 is 1.15 bits per heavy atom. The molecule has 0 unspecified atom stereocenters. The molecule has 0 aliphatic heterocycles. The molecule has 0 spiro atoms. The molecule has 1 aromatic heterocycles. The van der Waals surface area contributed by atoms with Gasteiger partial charge in [0.25, 0.3) is 0 Å². The second-order valence-electron chi connectivity index (χ2n) is 5.49. The lowest BCUT2D eigenvalue weighted by atomic mass is 10.3. The number of ether oxygens (including phenoxy) is 1. The molecule has 1 heterocycles. The SMILES string of the molecule is CCN(C(=O)CSc1nnc(Nc2ccc(OC)cc2)s1)c1ccccc1. The summed E-state index contributed by atoms with van der Waals surface area (Å²) in [5, 5.41) is 12.2. The van der Waals surface area contributed by atoms with Crippen molar-refractivity contribution >= 4 is 45.5 Å². The van der Waals surface area contributed by atoms with Gasteiger partial charge in [0.05, 0.1) is 12.9 Å². The van der Waals surface area contributed by atoms with E-state index in [2.05, 4.69) is 15.5 Å². The van der Waals surface area contributed by atoms with Crippen LogP contribution in [0.3, 0.4) is 0 Å². The molecular formula is C19H20N4O2S2. The molecule has 6 nitrogen and oxygen atoms in total. The summed E-state index contributed by atoms with van der Waals surface area (Å²) in [6.45, 7) is 2.60. The second kappa shape index (κ2) is 9.38. The van der Waals surface area contributed by atoms with Crippen LogP contribution in [0.1, 0.15) is 6.92 Å². The van der Waals surface area contributed by atoms with Crippen LogP contribution in [0.4, 0.5) is 16.5 Å². The van der Waals surface area contributed by atoms with Crippen LogP contribution in [0, 0.1) is 0 Å². The summed E-state index contributed by atoms with van der Waals surface area (Å²) in [5.74, 6) is 1.17. The lowest BCUT2D eigenvalue weighted by Gasteiger charge is -2.20. The number of aromatic nitrogens is 2. The maximum atomic E-state index is 12.5. The highest BCUT2D eigenvalue weighted by Crippen LogP contribution is 2.28. The van der Waals surface area contributed by atoms with E-state index < -0.39 is 0 Å². The van der Waals surface area contributed by atoms with Crippen molar-refractivity contribution in [3.8, 4) is 5.75 Å². The molecule has 1 N–H and O–H groups in total. The number of para-hydroxylation sites is 1. The van der Waals surface area contributed by atoms with Crippen LogP contribution in [0.5, 0.6) is 5.75 Å². The fraction of sp³-hybridized carbons (Fsp3) is 0.211. The van der Waals surface area contributed by atoms with Gasteiger partial charge in [-0.25, -0.2) is 0 Å². The smallest absolute Gasteiger partial charge is 0.237 e. The number of hydrogen-bond acceptors (Lipinski definition) is 7. The molecule has 2 aromatic carbocycles. The molecule has 0 radical (unpaired) electrons. The van der Waals surface area contributed by atoms with E-state index in [0.29, 0.717) is 17.4 Å². The van der Waals surface area contributed by atoms with E-state index >= 15 is 0 Å². The van der Waals surface area contributed by atoms with Crippen LogP contribution in [0.15, 0.2) is 58.9 Å². The van der Waals surface area contributed by atoms with Crippen LogP contribution in [-0.2, 0) is 4.79 Å². The number of amides is 1. The van der Waals surface area contributed by atoms with Crippen LogP contribution in [-0.4, -0.2) is 35.5 Å². The van der Waals surface area contributed by atoms with Gasteiger partial charge in [-0.05, 0) is 43.3 Å². The Kier molecular flexibility index (Phi) is 6.67. The fourth-order valence-corrected chi connectivity index (χ4v) is 4.08. The van der Waals surface area contributed by atoms with Crippen LogP contribution < -0.4 is 15.0 Å². The third kappa shape index (κ3) is 5.21. The Morgan fingerprint density at radius 2 is 1.89 bits per heavy atom. The van der Waals surface area contributed by atoms with Gasteiger partial charge in [0.1, 0.15) is 5.75 Å². The van der Waals surface area contributed by atoms with E-state index in [4.69, 9.17) is 4.74 Å². The molecule has 0 bridgehead atoms. The lowest BCUT2D eigenvalue weighted by molar-refractivity contribution is -0.116. The maximum Gasteiger partial charge on any atom is 0.237 e. The van der Waals surface area contributed by atoms with Crippen molar-refractivity contribution in [1.82, 2.24) is 10.2 Å². The molecule has 27 heavy (non-hydrogen) atoms.